The predicted octanol–water partition coefficient (Wildman–Crippen LogP) is 2.79. The van der Waals surface area contributed by atoms with Crippen molar-refractivity contribution in [3.05, 3.63) is 53.6 Å². The van der Waals surface area contributed by atoms with E-state index in [9.17, 15) is 9.59 Å². The van der Waals surface area contributed by atoms with E-state index in [0.717, 1.165) is 11.1 Å². The monoisotopic (exact) mass is 356 g/mol. The lowest BCUT2D eigenvalue weighted by Gasteiger charge is -2.12. The number of hydrogen-bond acceptors (Lipinski definition) is 4. The second-order valence-corrected chi connectivity index (χ2v) is 6.21. The summed E-state index contributed by atoms with van der Waals surface area (Å²) >= 11 is 0. The fourth-order valence-electron chi connectivity index (χ4n) is 2.11. The average molecular weight is 356 g/mol. The van der Waals surface area contributed by atoms with Gasteiger partial charge in [-0.1, -0.05) is 12.1 Å². The molecule has 0 fully saturated rings. The van der Waals surface area contributed by atoms with Crippen molar-refractivity contribution in [1.29, 1.82) is 0 Å². The molecule has 2 aromatic rings. The van der Waals surface area contributed by atoms with Crippen LogP contribution in [0, 0.1) is 13.8 Å². The number of amides is 2. The number of nitrogens with one attached hydrogen (secondary N) is 1. The molecule has 0 spiro atoms. The number of benzene rings is 2. The van der Waals surface area contributed by atoms with Crippen LogP contribution in [0.3, 0.4) is 0 Å². The molecule has 1 N–H and O–H groups in total. The van der Waals surface area contributed by atoms with Gasteiger partial charge in [0.15, 0.2) is 13.2 Å². The maximum absolute atomic E-state index is 12.0. The SMILES string of the molecule is Cc1ccc(C)c(OCC(=O)Nc2ccc(OCC(=O)N(C)C)cc2)c1. The Morgan fingerprint density at radius 2 is 1.65 bits per heavy atom. The third kappa shape index (κ3) is 5.81. The van der Waals surface area contributed by atoms with Gasteiger partial charge in [0.05, 0.1) is 0 Å². The van der Waals surface area contributed by atoms with Gasteiger partial charge in [-0.05, 0) is 55.3 Å². The van der Waals surface area contributed by atoms with E-state index in [2.05, 4.69) is 5.32 Å². The molecule has 6 heteroatoms. The van der Waals surface area contributed by atoms with Crippen LogP contribution in [0.2, 0.25) is 0 Å². The lowest BCUT2D eigenvalue weighted by atomic mass is 10.1. The van der Waals surface area contributed by atoms with Crippen LogP contribution in [-0.2, 0) is 9.59 Å². The van der Waals surface area contributed by atoms with Gasteiger partial charge >= 0.3 is 0 Å². The Balaban J connectivity index is 1.83. The van der Waals surface area contributed by atoms with Gasteiger partial charge in [-0.25, -0.2) is 0 Å². The zero-order valence-corrected chi connectivity index (χ0v) is 15.5. The summed E-state index contributed by atoms with van der Waals surface area (Å²) in [5.41, 5.74) is 2.69. The molecule has 138 valence electrons. The van der Waals surface area contributed by atoms with Crippen molar-refractivity contribution in [2.75, 3.05) is 32.6 Å². The van der Waals surface area contributed by atoms with Gasteiger partial charge in [-0.15, -0.1) is 0 Å². The fourth-order valence-corrected chi connectivity index (χ4v) is 2.11. The van der Waals surface area contributed by atoms with Gasteiger partial charge in [0.25, 0.3) is 11.8 Å². The molecular weight excluding hydrogens is 332 g/mol. The van der Waals surface area contributed by atoms with Crippen molar-refractivity contribution < 1.29 is 19.1 Å². The van der Waals surface area contributed by atoms with Crippen LogP contribution in [-0.4, -0.2) is 44.0 Å². The molecule has 6 nitrogen and oxygen atoms in total. The van der Waals surface area contributed by atoms with Gasteiger partial charge in [-0.2, -0.15) is 0 Å². The molecule has 0 aliphatic carbocycles. The van der Waals surface area contributed by atoms with Crippen LogP contribution in [0.15, 0.2) is 42.5 Å². The van der Waals surface area contributed by atoms with E-state index in [4.69, 9.17) is 9.47 Å². The fraction of sp³-hybridized carbons (Fsp3) is 0.300. The highest BCUT2D eigenvalue weighted by atomic mass is 16.5. The summed E-state index contributed by atoms with van der Waals surface area (Å²) in [4.78, 5) is 25.0. The van der Waals surface area contributed by atoms with Crippen LogP contribution in [0.5, 0.6) is 11.5 Å². The number of aryl methyl sites for hydroxylation is 2. The van der Waals surface area contributed by atoms with Gasteiger partial charge in [-0.3, -0.25) is 9.59 Å². The van der Waals surface area contributed by atoms with Crippen molar-refractivity contribution in [3.63, 3.8) is 0 Å². The number of hydrogen-bond donors (Lipinski definition) is 1. The highest BCUT2D eigenvalue weighted by Crippen LogP contribution is 2.19. The number of anilines is 1. The molecule has 0 atom stereocenters. The topological polar surface area (TPSA) is 67.9 Å². The summed E-state index contributed by atoms with van der Waals surface area (Å²) in [6.45, 7) is 3.82. The first-order valence-corrected chi connectivity index (χ1v) is 8.28. The Labute approximate surface area is 153 Å². The van der Waals surface area contributed by atoms with Gasteiger partial charge in [0.1, 0.15) is 11.5 Å². The Morgan fingerprint density at radius 3 is 2.31 bits per heavy atom. The first-order chi connectivity index (χ1) is 12.3. The Morgan fingerprint density at radius 1 is 0.962 bits per heavy atom. The van der Waals surface area contributed by atoms with E-state index >= 15 is 0 Å². The molecule has 2 amide bonds. The minimum Gasteiger partial charge on any atom is -0.484 e. The van der Waals surface area contributed by atoms with E-state index in [0.29, 0.717) is 17.2 Å². The maximum Gasteiger partial charge on any atom is 0.262 e. The molecule has 2 aromatic carbocycles. The smallest absolute Gasteiger partial charge is 0.262 e. The van der Waals surface area contributed by atoms with Gasteiger partial charge in [0.2, 0.25) is 0 Å². The molecule has 0 bridgehead atoms. The zero-order chi connectivity index (χ0) is 19.1. The number of ether oxygens (including phenoxy) is 2. The number of carbonyl (C=O) groups excluding carboxylic acids is 2. The third-order valence-electron chi connectivity index (χ3n) is 3.70. The van der Waals surface area contributed by atoms with E-state index in [1.54, 1.807) is 38.4 Å². The summed E-state index contributed by atoms with van der Waals surface area (Å²) in [5.74, 6) is 0.896. The summed E-state index contributed by atoms with van der Waals surface area (Å²) < 4.78 is 11.0. The molecular formula is C20H24N2O4. The maximum atomic E-state index is 12.0. The van der Waals surface area contributed by atoms with Crippen LogP contribution >= 0.6 is 0 Å². The highest BCUT2D eigenvalue weighted by molar-refractivity contribution is 5.91. The average Bonchev–Trinajstić information content (AvgIpc) is 2.61. The van der Waals surface area contributed by atoms with Crippen LogP contribution in [0.1, 0.15) is 11.1 Å². The molecule has 2 rings (SSSR count). The lowest BCUT2D eigenvalue weighted by molar-refractivity contribution is -0.130. The molecule has 0 unspecified atom stereocenters. The molecule has 0 heterocycles. The van der Waals surface area contributed by atoms with E-state index in [1.165, 1.54) is 4.90 Å². The van der Waals surface area contributed by atoms with Gasteiger partial charge in [0, 0.05) is 19.8 Å². The quantitative estimate of drug-likeness (QED) is 0.828. The van der Waals surface area contributed by atoms with E-state index in [-0.39, 0.29) is 25.0 Å². The standard InChI is InChI=1S/C20H24N2O4/c1-14-5-6-15(2)18(11-14)26-12-19(23)21-16-7-9-17(10-8-16)25-13-20(24)22(3)4/h5-11H,12-13H2,1-4H3,(H,21,23). The lowest BCUT2D eigenvalue weighted by Crippen LogP contribution is -2.27. The Bertz CT molecular complexity index is 770. The summed E-state index contributed by atoms with van der Waals surface area (Å²) in [6, 6.07) is 12.7. The molecule has 0 aromatic heterocycles. The van der Waals surface area contributed by atoms with Crippen LogP contribution in [0.25, 0.3) is 0 Å². The van der Waals surface area contributed by atoms with Crippen molar-refractivity contribution in [2.45, 2.75) is 13.8 Å². The van der Waals surface area contributed by atoms with Crippen LogP contribution in [0.4, 0.5) is 5.69 Å². The van der Waals surface area contributed by atoms with Crippen molar-refractivity contribution >= 4 is 17.5 Å². The van der Waals surface area contributed by atoms with E-state index < -0.39 is 0 Å². The predicted molar refractivity (Wildman–Crippen MR) is 101 cm³/mol. The van der Waals surface area contributed by atoms with Crippen molar-refractivity contribution in [3.8, 4) is 11.5 Å². The summed E-state index contributed by atoms with van der Waals surface area (Å²) in [6.07, 6.45) is 0. The Kier molecular flexibility index (Phi) is 6.60. The number of likely N-dealkylation sites (N-methyl/N-ethyl adjacent to an activating group) is 1. The van der Waals surface area contributed by atoms with E-state index in [1.807, 2.05) is 32.0 Å². The zero-order valence-electron chi connectivity index (χ0n) is 15.5. The number of carbonyl (C=O) groups is 2. The molecule has 0 saturated carbocycles. The summed E-state index contributed by atoms with van der Waals surface area (Å²) in [5, 5.41) is 2.76. The number of rotatable bonds is 7. The molecule has 0 radical (unpaired) electrons. The summed E-state index contributed by atoms with van der Waals surface area (Å²) in [7, 11) is 3.34. The Hall–Kier alpha value is -3.02. The third-order valence-corrected chi connectivity index (χ3v) is 3.70. The molecule has 26 heavy (non-hydrogen) atoms. The largest absolute Gasteiger partial charge is 0.484 e. The second-order valence-electron chi connectivity index (χ2n) is 6.21. The molecule has 0 aliphatic heterocycles. The minimum absolute atomic E-state index is 0.0254. The minimum atomic E-state index is -0.248. The first-order valence-electron chi connectivity index (χ1n) is 8.28. The normalized spacial score (nSPS) is 10.2. The molecule has 0 saturated heterocycles. The first kappa shape index (κ1) is 19.3. The molecule has 0 aliphatic rings. The van der Waals surface area contributed by atoms with Crippen LogP contribution < -0.4 is 14.8 Å². The van der Waals surface area contributed by atoms with Crippen molar-refractivity contribution in [2.24, 2.45) is 0 Å². The van der Waals surface area contributed by atoms with Gasteiger partial charge < -0.3 is 19.7 Å². The van der Waals surface area contributed by atoms with Crippen molar-refractivity contribution in [1.82, 2.24) is 4.90 Å². The highest BCUT2D eigenvalue weighted by Gasteiger charge is 2.07. The second kappa shape index (κ2) is 8.89. The number of nitrogens with zero attached hydrogens (tertiary/aromatic N) is 1.